The van der Waals surface area contributed by atoms with Crippen LogP contribution in [0.2, 0.25) is 0 Å². The maximum Gasteiger partial charge on any atom is 0.175 e. The van der Waals surface area contributed by atoms with Crippen LogP contribution in [-0.4, -0.2) is 9.97 Å². The number of nitriles is 1. The molecule has 1 aromatic heterocycles. The van der Waals surface area contributed by atoms with Gasteiger partial charge >= 0.3 is 0 Å². The zero-order valence-corrected chi connectivity index (χ0v) is 7.83. The fourth-order valence-corrected chi connectivity index (χ4v) is 1.56. The Labute approximate surface area is 80.0 Å². The predicted molar refractivity (Wildman–Crippen MR) is 52.9 cm³/mol. The number of rotatable bonds is 0. The van der Waals surface area contributed by atoms with Crippen molar-refractivity contribution in [1.82, 2.24) is 9.97 Å². The fourth-order valence-electron chi connectivity index (χ4n) is 1.35. The first-order valence-corrected chi connectivity index (χ1v) is 4.25. The van der Waals surface area contributed by atoms with E-state index in [1.165, 1.54) is 0 Å². The molecule has 3 nitrogen and oxygen atoms in total. The minimum atomic E-state index is 0.553. The molecule has 4 heteroatoms. The lowest BCUT2D eigenvalue weighted by molar-refractivity contribution is 1.29. The lowest BCUT2D eigenvalue weighted by Crippen LogP contribution is -1.83. The first-order valence-electron chi connectivity index (χ1n) is 3.84. The number of aryl methyl sites for hydroxylation is 1. The van der Waals surface area contributed by atoms with Crippen molar-refractivity contribution in [1.29, 1.82) is 5.26 Å². The van der Waals surface area contributed by atoms with Gasteiger partial charge in [-0.3, -0.25) is 0 Å². The van der Waals surface area contributed by atoms with Gasteiger partial charge in [0.2, 0.25) is 0 Å². The van der Waals surface area contributed by atoms with Crippen LogP contribution in [0.3, 0.4) is 0 Å². The molecule has 64 valence electrons. The molecule has 0 aliphatic heterocycles. The Morgan fingerprint density at radius 3 is 2.85 bits per heavy atom. The first kappa shape index (κ1) is 8.02. The number of nitrogens with zero attached hydrogens (tertiary/aromatic N) is 1. The molecule has 2 N–H and O–H groups in total. The number of H-pyrrole nitrogens is 2. The summed E-state index contributed by atoms with van der Waals surface area (Å²) in [5.41, 5.74) is 3.30. The van der Waals surface area contributed by atoms with E-state index in [1.807, 2.05) is 19.1 Å². The summed E-state index contributed by atoms with van der Waals surface area (Å²) in [5, 5.41) is 8.91. The minimum absolute atomic E-state index is 0.553. The molecule has 0 atom stereocenters. The zero-order chi connectivity index (χ0) is 9.42. The van der Waals surface area contributed by atoms with E-state index in [1.54, 1.807) is 0 Å². The maximum atomic E-state index is 8.91. The van der Waals surface area contributed by atoms with Gasteiger partial charge in [0.05, 0.1) is 16.6 Å². The minimum Gasteiger partial charge on any atom is -0.331 e. The zero-order valence-electron chi connectivity index (χ0n) is 7.01. The van der Waals surface area contributed by atoms with Crippen molar-refractivity contribution in [3.63, 3.8) is 0 Å². The van der Waals surface area contributed by atoms with Gasteiger partial charge in [0.1, 0.15) is 6.07 Å². The van der Waals surface area contributed by atoms with Crippen LogP contribution in [0.5, 0.6) is 0 Å². The molecule has 1 heterocycles. The summed E-state index contributed by atoms with van der Waals surface area (Å²) in [6.07, 6.45) is 0. The van der Waals surface area contributed by atoms with E-state index in [4.69, 9.17) is 17.5 Å². The van der Waals surface area contributed by atoms with Crippen LogP contribution >= 0.6 is 12.2 Å². The molecule has 0 bridgehead atoms. The molecule has 0 saturated heterocycles. The molecule has 0 aliphatic carbocycles. The van der Waals surface area contributed by atoms with Gasteiger partial charge in [-0.25, -0.2) is 0 Å². The highest BCUT2D eigenvalue weighted by Crippen LogP contribution is 2.18. The molecule has 13 heavy (non-hydrogen) atoms. The van der Waals surface area contributed by atoms with E-state index in [-0.39, 0.29) is 0 Å². The topological polar surface area (TPSA) is 55.4 Å². The Bertz CT molecular complexity index is 556. The van der Waals surface area contributed by atoms with Crippen molar-refractivity contribution in [3.8, 4) is 6.07 Å². The number of aromatic nitrogens is 2. The summed E-state index contributed by atoms with van der Waals surface area (Å²) in [4.78, 5) is 5.92. The molecule has 0 radical (unpaired) electrons. The molecule has 0 aliphatic rings. The van der Waals surface area contributed by atoms with E-state index in [0.717, 1.165) is 16.6 Å². The van der Waals surface area contributed by atoms with Crippen LogP contribution in [0.1, 0.15) is 11.1 Å². The molecular weight excluding hydrogens is 182 g/mol. The van der Waals surface area contributed by atoms with Crippen LogP contribution in [-0.2, 0) is 0 Å². The monoisotopic (exact) mass is 189 g/mol. The van der Waals surface area contributed by atoms with Crippen molar-refractivity contribution < 1.29 is 0 Å². The quantitative estimate of drug-likeness (QED) is 0.625. The number of hydrogen-bond donors (Lipinski definition) is 2. The predicted octanol–water partition coefficient (Wildman–Crippen LogP) is 2.41. The van der Waals surface area contributed by atoms with Crippen molar-refractivity contribution in [3.05, 3.63) is 28.0 Å². The Balaban J connectivity index is 3.01. The number of nitrogens with one attached hydrogen (secondary N) is 2. The number of aromatic amines is 2. The molecular formula is C9H7N3S. The second-order valence-corrected chi connectivity index (χ2v) is 3.28. The van der Waals surface area contributed by atoms with Crippen molar-refractivity contribution >= 4 is 23.3 Å². The van der Waals surface area contributed by atoms with Crippen molar-refractivity contribution in [2.24, 2.45) is 0 Å². The average molecular weight is 189 g/mol. The van der Waals surface area contributed by atoms with E-state index in [9.17, 15) is 0 Å². The molecule has 1 aromatic carbocycles. The number of hydrogen-bond acceptors (Lipinski definition) is 2. The second-order valence-electron chi connectivity index (χ2n) is 2.87. The van der Waals surface area contributed by atoms with Gasteiger partial charge < -0.3 is 9.97 Å². The van der Waals surface area contributed by atoms with Crippen LogP contribution in [0, 0.1) is 23.0 Å². The van der Waals surface area contributed by atoms with E-state index < -0.39 is 0 Å². The third kappa shape index (κ3) is 1.14. The summed E-state index contributed by atoms with van der Waals surface area (Å²) >= 11 is 4.94. The Morgan fingerprint density at radius 1 is 1.38 bits per heavy atom. The lowest BCUT2D eigenvalue weighted by atomic mass is 10.1. The van der Waals surface area contributed by atoms with Crippen LogP contribution in [0.25, 0.3) is 11.0 Å². The summed E-state index contributed by atoms with van der Waals surface area (Å²) in [7, 11) is 0. The van der Waals surface area contributed by atoms with Gasteiger partial charge in [0.25, 0.3) is 0 Å². The lowest BCUT2D eigenvalue weighted by Gasteiger charge is -1.96. The van der Waals surface area contributed by atoms with Gasteiger partial charge in [-0.2, -0.15) is 5.26 Å². The van der Waals surface area contributed by atoms with Crippen LogP contribution in [0.15, 0.2) is 12.1 Å². The SMILES string of the molecule is Cc1ccc2[nH]c(=S)[nH]c2c1C#N. The van der Waals surface area contributed by atoms with Crippen molar-refractivity contribution in [2.75, 3.05) is 0 Å². The molecule has 2 rings (SSSR count). The van der Waals surface area contributed by atoms with Crippen LogP contribution < -0.4 is 0 Å². The van der Waals surface area contributed by atoms with Gasteiger partial charge in [0, 0.05) is 0 Å². The van der Waals surface area contributed by atoms with Crippen molar-refractivity contribution in [2.45, 2.75) is 6.92 Å². The fraction of sp³-hybridized carbons (Fsp3) is 0.111. The number of benzene rings is 1. The third-order valence-electron chi connectivity index (χ3n) is 2.01. The van der Waals surface area contributed by atoms with E-state index in [0.29, 0.717) is 10.3 Å². The second kappa shape index (κ2) is 2.71. The number of fused-ring (bicyclic) bond motifs is 1. The van der Waals surface area contributed by atoms with Crippen LogP contribution in [0.4, 0.5) is 0 Å². The summed E-state index contributed by atoms with van der Waals surface area (Å²) < 4.78 is 0.553. The highest BCUT2D eigenvalue weighted by molar-refractivity contribution is 7.71. The van der Waals surface area contributed by atoms with Gasteiger partial charge in [-0.15, -0.1) is 0 Å². The molecule has 0 saturated carbocycles. The molecule has 0 spiro atoms. The van der Waals surface area contributed by atoms with E-state index >= 15 is 0 Å². The highest BCUT2D eigenvalue weighted by Gasteiger charge is 2.04. The Hall–Kier alpha value is -1.60. The standard InChI is InChI=1S/C9H7N3S/c1-5-2-3-7-8(6(5)4-10)12-9(13)11-7/h2-3H,1H3,(H2,11,12,13). The van der Waals surface area contributed by atoms with E-state index in [2.05, 4.69) is 16.0 Å². The molecule has 2 aromatic rings. The van der Waals surface area contributed by atoms with Gasteiger partial charge in [-0.05, 0) is 30.8 Å². The molecule has 0 unspecified atom stereocenters. The summed E-state index contributed by atoms with van der Waals surface area (Å²) in [5.74, 6) is 0. The molecule has 0 fully saturated rings. The summed E-state index contributed by atoms with van der Waals surface area (Å²) in [6.45, 7) is 1.90. The largest absolute Gasteiger partial charge is 0.331 e. The first-order chi connectivity index (χ1) is 6.22. The van der Waals surface area contributed by atoms with Gasteiger partial charge in [0.15, 0.2) is 4.77 Å². The number of imidazole rings is 1. The normalized spacial score (nSPS) is 10.2. The Morgan fingerprint density at radius 2 is 2.15 bits per heavy atom. The smallest absolute Gasteiger partial charge is 0.175 e. The average Bonchev–Trinajstić information content (AvgIpc) is 2.45. The maximum absolute atomic E-state index is 8.91. The summed E-state index contributed by atoms with van der Waals surface area (Å²) in [6, 6.07) is 5.97. The Kier molecular flexibility index (Phi) is 1.67. The molecule has 0 amide bonds. The van der Waals surface area contributed by atoms with Gasteiger partial charge in [-0.1, -0.05) is 6.07 Å². The third-order valence-corrected chi connectivity index (χ3v) is 2.22. The highest BCUT2D eigenvalue weighted by atomic mass is 32.1.